The molecule has 0 saturated heterocycles. The molecule has 0 unspecified atom stereocenters. The number of carbonyl (C=O) groups is 1. The highest BCUT2D eigenvalue weighted by Crippen LogP contribution is 2.34. The number of carbonyl (C=O) groups excluding carboxylic acids is 1. The second-order valence-corrected chi connectivity index (χ2v) is 8.12. The number of thiophene rings is 1. The third-order valence-corrected chi connectivity index (χ3v) is 6.07. The number of rotatable bonds is 4. The van der Waals surface area contributed by atoms with Crippen LogP contribution in [0.4, 0.5) is 5.69 Å². The number of benzene rings is 1. The lowest BCUT2D eigenvalue weighted by Crippen LogP contribution is -2.28. The van der Waals surface area contributed by atoms with E-state index in [1.807, 2.05) is 24.3 Å². The van der Waals surface area contributed by atoms with E-state index in [9.17, 15) is 9.59 Å². The molecule has 3 aromatic rings. The molecule has 0 radical (unpaired) electrons. The van der Waals surface area contributed by atoms with Crippen LogP contribution in [-0.4, -0.2) is 15.5 Å². The van der Waals surface area contributed by atoms with Gasteiger partial charge in [-0.15, -0.1) is 11.3 Å². The Morgan fingerprint density at radius 3 is 2.77 bits per heavy atom. The Balaban J connectivity index is 1.54. The largest absolute Gasteiger partial charge is 0.325 e. The van der Waals surface area contributed by atoms with Crippen LogP contribution in [0.5, 0.6) is 0 Å². The lowest BCUT2D eigenvalue weighted by molar-refractivity contribution is -0.116. The van der Waals surface area contributed by atoms with Crippen LogP contribution in [0, 0.1) is 0 Å². The molecule has 0 spiro atoms. The van der Waals surface area contributed by atoms with Crippen LogP contribution in [0.25, 0.3) is 10.2 Å². The molecule has 1 amide bonds. The summed E-state index contributed by atoms with van der Waals surface area (Å²) in [5.41, 5.74) is 2.99. The van der Waals surface area contributed by atoms with Gasteiger partial charge in [-0.05, 0) is 48.4 Å². The van der Waals surface area contributed by atoms with E-state index < -0.39 is 0 Å². The summed E-state index contributed by atoms with van der Waals surface area (Å²) >= 11 is 1.61. The topological polar surface area (TPSA) is 64.0 Å². The highest BCUT2D eigenvalue weighted by Gasteiger charge is 2.21. The average molecular weight is 367 g/mol. The average Bonchev–Trinajstić information content (AvgIpc) is 3.18. The monoisotopic (exact) mass is 367 g/mol. The zero-order chi connectivity index (χ0) is 18.3. The summed E-state index contributed by atoms with van der Waals surface area (Å²) in [6.07, 6.45) is 4.55. The smallest absolute Gasteiger partial charge is 0.262 e. The Labute approximate surface area is 155 Å². The highest BCUT2D eigenvalue weighted by molar-refractivity contribution is 7.18. The van der Waals surface area contributed by atoms with Gasteiger partial charge in [-0.25, -0.2) is 4.98 Å². The lowest BCUT2D eigenvalue weighted by Gasteiger charge is -2.09. The van der Waals surface area contributed by atoms with Crippen molar-refractivity contribution in [2.45, 2.75) is 45.6 Å². The van der Waals surface area contributed by atoms with Gasteiger partial charge in [-0.3, -0.25) is 14.2 Å². The standard InChI is InChI=1S/C20H21N3O2S/c1-12(2)13-6-8-14(9-7-13)22-17(24)10-23-11-21-19-18(20(23)25)15-4-3-5-16(15)26-19/h6-9,11-12H,3-5,10H2,1-2H3,(H,22,24). The normalized spacial score (nSPS) is 13.3. The van der Waals surface area contributed by atoms with E-state index in [0.29, 0.717) is 11.3 Å². The van der Waals surface area contributed by atoms with Crippen molar-refractivity contribution in [1.29, 1.82) is 0 Å². The molecule has 0 aliphatic heterocycles. The van der Waals surface area contributed by atoms with Crippen molar-refractivity contribution >= 4 is 33.1 Å². The van der Waals surface area contributed by atoms with E-state index in [0.717, 1.165) is 35.3 Å². The van der Waals surface area contributed by atoms with Crippen LogP contribution in [0.3, 0.4) is 0 Å². The molecule has 1 aliphatic carbocycles. The van der Waals surface area contributed by atoms with Crippen molar-refractivity contribution in [2.75, 3.05) is 5.32 Å². The summed E-state index contributed by atoms with van der Waals surface area (Å²) < 4.78 is 1.41. The van der Waals surface area contributed by atoms with Gasteiger partial charge in [0.2, 0.25) is 5.91 Å². The zero-order valence-corrected chi connectivity index (χ0v) is 15.7. The molecule has 0 atom stereocenters. The van der Waals surface area contributed by atoms with Gasteiger partial charge < -0.3 is 5.32 Å². The summed E-state index contributed by atoms with van der Waals surface area (Å²) in [6, 6.07) is 7.80. The van der Waals surface area contributed by atoms with E-state index in [4.69, 9.17) is 0 Å². The molecule has 0 bridgehead atoms. The molecule has 134 valence electrons. The van der Waals surface area contributed by atoms with Gasteiger partial charge in [0.1, 0.15) is 11.4 Å². The molecule has 2 heterocycles. The maximum Gasteiger partial charge on any atom is 0.262 e. The van der Waals surface area contributed by atoms with Crippen LogP contribution < -0.4 is 10.9 Å². The quantitative estimate of drug-likeness (QED) is 0.764. The molecule has 26 heavy (non-hydrogen) atoms. The minimum atomic E-state index is -0.225. The molecular weight excluding hydrogens is 346 g/mol. The fourth-order valence-electron chi connectivity index (χ4n) is 3.44. The third kappa shape index (κ3) is 3.05. The lowest BCUT2D eigenvalue weighted by atomic mass is 10.0. The summed E-state index contributed by atoms with van der Waals surface area (Å²) in [5, 5.41) is 3.56. The Kier molecular flexibility index (Phi) is 4.36. The predicted octanol–water partition coefficient (Wildman–Crippen LogP) is 3.71. The molecule has 0 fully saturated rings. The number of aromatic nitrogens is 2. The van der Waals surface area contributed by atoms with Crippen molar-refractivity contribution in [3.63, 3.8) is 0 Å². The number of amides is 1. The second-order valence-electron chi connectivity index (χ2n) is 7.04. The highest BCUT2D eigenvalue weighted by atomic mass is 32.1. The molecule has 4 rings (SSSR count). The first-order valence-electron chi connectivity index (χ1n) is 8.92. The van der Waals surface area contributed by atoms with E-state index in [1.54, 1.807) is 11.3 Å². The maximum absolute atomic E-state index is 12.8. The minimum Gasteiger partial charge on any atom is -0.325 e. The molecule has 6 heteroatoms. The van der Waals surface area contributed by atoms with Crippen LogP contribution in [-0.2, 0) is 24.2 Å². The van der Waals surface area contributed by atoms with Gasteiger partial charge in [0.25, 0.3) is 5.56 Å². The number of nitrogens with zero attached hydrogens (tertiary/aromatic N) is 2. The molecule has 2 aromatic heterocycles. The van der Waals surface area contributed by atoms with Gasteiger partial charge >= 0.3 is 0 Å². The minimum absolute atomic E-state index is 0.0294. The maximum atomic E-state index is 12.8. The van der Waals surface area contributed by atoms with Gasteiger partial charge in [0, 0.05) is 10.6 Å². The van der Waals surface area contributed by atoms with E-state index in [-0.39, 0.29) is 18.0 Å². The van der Waals surface area contributed by atoms with E-state index in [2.05, 4.69) is 24.1 Å². The molecule has 1 N–H and O–H groups in total. The fourth-order valence-corrected chi connectivity index (χ4v) is 4.66. The third-order valence-electron chi connectivity index (χ3n) is 4.87. The van der Waals surface area contributed by atoms with Crippen LogP contribution in [0.2, 0.25) is 0 Å². The first-order chi connectivity index (χ1) is 12.5. The first kappa shape index (κ1) is 17.0. The van der Waals surface area contributed by atoms with Crippen molar-refractivity contribution < 1.29 is 4.79 Å². The predicted molar refractivity (Wildman–Crippen MR) is 105 cm³/mol. The molecular formula is C20H21N3O2S. The summed E-state index contributed by atoms with van der Waals surface area (Å²) in [6.45, 7) is 4.23. The van der Waals surface area contributed by atoms with E-state index in [1.165, 1.54) is 21.3 Å². The van der Waals surface area contributed by atoms with Crippen molar-refractivity contribution in [3.05, 3.63) is 57.0 Å². The van der Waals surface area contributed by atoms with Crippen molar-refractivity contribution in [2.24, 2.45) is 0 Å². The first-order valence-corrected chi connectivity index (χ1v) is 9.74. The Hall–Kier alpha value is -2.47. The Morgan fingerprint density at radius 2 is 2.04 bits per heavy atom. The number of fused-ring (bicyclic) bond motifs is 3. The van der Waals surface area contributed by atoms with Crippen LogP contribution in [0.1, 0.15) is 42.2 Å². The SMILES string of the molecule is CC(C)c1ccc(NC(=O)Cn2cnc3sc4c(c3c2=O)CCC4)cc1. The van der Waals surface area contributed by atoms with Crippen LogP contribution >= 0.6 is 11.3 Å². The van der Waals surface area contributed by atoms with Gasteiger partial charge in [0.05, 0.1) is 11.7 Å². The number of hydrogen-bond donors (Lipinski definition) is 1. The second kappa shape index (κ2) is 6.68. The number of anilines is 1. The molecule has 0 saturated carbocycles. The molecule has 1 aliphatic rings. The Morgan fingerprint density at radius 1 is 1.27 bits per heavy atom. The molecule has 1 aromatic carbocycles. The summed E-state index contributed by atoms with van der Waals surface area (Å²) in [4.78, 5) is 31.6. The summed E-state index contributed by atoms with van der Waals surface area (Å²) in [7, 11) is 0. The van der Waals surface area contributed by atoms with E-state index >= 15 is 0 Å². The van der Waals surface area contributed by atoms with Gasteiger partial charge in [0.15, 0.2) is 0 Å². The van der Waals surface area contributed by atoms with Crippen molar-refractivity contribution in [3.8, 4) is 0 Å². The number of hydrogen-bond acceptors (Lipinski definition) is 4. The zero-order valence-electron chi connectivity index (χ0n) is 14.9. The van der Waals surface area contributed by atoms with Gasteiger partial charge in [-0.2, -0.15) is 0 Å². The van der Waals surface area contributed by atoms with Crippen molar-refractivity contribution in [1.82, 2.24) is 9.55 Å². The number of aryl methyl sites for hydroxylation is 2. The Bertz CT molecular complexity index is 1030. The van der Waals surface area contributed by atoms with Gasteiger partial charge in [-0.1, -0.05) is 26.0 Å². The summed E-state index contributed by atoms with van der Waals surface area (Å²) in [5.74, 6) is 0.223. The number of nitrogens with one attached hydrogen (secondary N) is 1. The van der Waals surface area contributed by atoms with Crippen LogP contribution in [0.15, 0.2) is 35.4 Å². The fraction of sp³-hybridized carbons (Fsp3) is 0.350. The molecule has 5 nitrogen and oxygen atoms in total.